The lowest BCUT2D eigenvalue weighted by atomic mass is 9.88. The van der Waals surface area contributed by atoms with Crippen LogP contribution < -0.4 is 10.2 Å². The molecule has 2 heterocycles. The van der Waals surface area contributed by atoms with Crippen LogP contribution in [0.5, 0.6) is 0 Å². The van der Waals surface area contributed by atoms with Crippen LogP contribution in [-0.2, 0) is 14.6 Å². The highest BCUT2D eigenvalue weighted by Gasteiger charge is 2.48. The molecular weight excluding hydrogens is 360 g/mol. The molecule has 3 atom stereocenters. The summed E-state index contributed by atoms with van der Waals surface area (Å²) in [6, 6.07) is 20.5. The standard InChI is InChI=1S/C21H24N2O3S/c24-21-13-23(20-15-27(25,26)14-19(20)22-21)12-11-18(16-7-3-1-4-8-16)17-9-5-2-6-10-17/h1-10,18-20H,11-15H2,(H,22,24)/p+1/t19-,20+/m1/s1. The Morgan fingerprint density at radius 3 is 2.15 bits per heavy atom. The van der Waals surface area contributed by atoms with E-state index < -0.39 is 9.84 Å². The van der Waals surface area contributed by atoms with Crippen LogP contribution in [0.4, 0.5) is 0 Å². The summed E-state index contributed by atoms with van der Waals surface area (Å²) in [6.45, 7) is 1.13. The van der Waals surface area contributed by atoms with E-state index in [-0.39, 0.29) is 35.4 Å². The monoisotopic (exact) mass is 385 g/mol. The summed E-state index contributed by atoms with van der Waals surface area (Å²) in [5.41, 5.74) is 2.50. The summed E-state index contributed by atoms with van der Waals surface area (Å²) in [7, 11) is -3.06. The maximum absolute atomic E-state index is 12.1. The number of hydrogen-bond acceptors (Lipinski definition) is 3. The van der Waals surface area contributed by atoms with Crippen LogP contribution in [0.3, 0.4) is 0 Å². The lowest BCUT2D eigenvalue weighted by molar-refractivity contribution is -0.918. The predicted molar refractivity (Wildman–Crippen MR) is 104 cm³/mol. The van der Waals surface area contributed by atoms with Gasteiger partial charge in [-0.1, -0.05) is 60.7 Å². The SMILES string of the molecule is O=C1C[NH+](CCC(c2ccccc2)c2ccccc2)[C@H]2CS(=O)(=O)C[C@H]2N1. The van der Waals surface area contributed by atoms with Gasteiger partial charge in [0.15, 0.2) is 16.4 Å². The zero-order valence-electron chi connectivity index (χ0n) is 15.2. The van der Waals surface area contributed by atoms with Gasteiger partial charge in [-0.15, -0.1) is 0 Å². The Bertz CT molecular complexity index is 860. The van der Waals surface area contributed by atoms with Gasteiger partial charge in [0.2, 0.25) is 0 Å². The molecular formula is C21H25N2O3S+. The number of amides is 1. The Kier molecular flexibility index (Phi) is 5.02. The van der Waals surface area contributed by atoms with Gasteiger partial charge in [-0.05, 0) is 11.1 Å². The van der Waals surface area contributed by atoms with E-state index in [1.165, 1.54) is 11.1 Å². The smallest absolute Gasteiger partial charge is 0.275 e. The van der Waals surface area contributed by atoms with E-state index in [1.807, 2.05) is 36.4 Å². The van der Waals surface area contributed by atoms with Crippen LogP contribution in [-0.4, -0.2) is 51.0 Å². The highest BCUT2D eigenvalue weighted by molar-refractivity contribution is 7.91. The minimum absolute atomic E-state index is 0.0279. The number of nitrogens with one attached hydrogen (secondary N) is 2. The molecule has 2 aromatic carbocycles. The molecule has 2 saturated heterocycles. The van der Waals surface area contributed by atoms with Crippen molar-refractivity contribution in [2.45, 2.75) is 24.4 Å². The van der Waals surface area contributed by atoms with Gasteiger partial charge in [0, 0.05) is 12.3 Å². The van der Waals surface area contributed by atoms with E-state index in [0.29, 0.717) is 6.54 Å². The lowest BCUT2D eigenvalue weighted by Crippen LogP contribution is -3.20. The van der Waals surface area contributed by atoms with Gasteiger partial charge < -0.3 is 10.2 Å². The van der Waals surface area contributed by atoms with E-state index in [4.69, 9.17) is 0 Å². The fourth-order valence-electron chi connectivity index (χ4n) is 4.49. The van der Waals surface area contributed by atoms with Gasteiger partial charge in [0.05, 0.1) is 18.3 Å². The molecule has 0 aromatic heterocycles. The van der Waals surface area contributed by atoms with Gasteiger partial charge in [-0.25, -0.2) is 8.42 Å². The maximum atomic E-state index is 12.1. The number of benzene rings is 2. The molecule has 5 nitrogen and oxygen atoms in total. The van der Waals surface area contributed by atoms with Crippen molar-refractivity contribution in [3.63, 3.8) is 0 Å². The van der Waals surface area contributed by atoms with Crippen molar-refractivity contribution in [2.75, 3.05) is 24.6 Å². The topological polar surface area (TPSA) is 67.7 Å². The van der Waals surface area contributed by atoms with Gasteiger partial charge in [-0.3, -0.25) is 4.79 Å². The maximum Gasteiger partial charge on any atom is 0.275 e. The summed E-state index contributed by atoms with van der Waals surface area (Å²) in [4.78, 5) is 13.2. The Hall–Kier alpha value is -2.18. The molecule has 0 saturated carbocycles. The summed E-state index contributed by atoms with van der Waals surface area (Å²) >= 11 is 0. The van der Waals surface area contributed by atoms with Crippen molar-refractivity contribution in [2.24, 2.45) is 0 Å². The number of rotatable bonds is 5. The molecule has 27 heavy (non-hydrogen) atoms. The molecule has 142 valence electrons. The zero-order valence-corrected chi connectivity index (χ0v) is 16.0. The van der Waals surface area contributed by atoms with Crippen LogP contribution in [0.1, 0.15) is 23.5 Å². The van der Waals surface area contributed by atoms with Crippen LogP contribution in [0.15, 0.2) is 60.7 Å². The molecule has 0 spiro atoms. The average molecular weight is 386 g/mol. The quantitative estimate of drug-likeness (QED) is 0.782. The molecule has 0 aliphatic carbocycles. The molecule has 4 rings (SSSR count). The molecule has 2 aromatic rings. The van der Waals surface area contributed by atoms with Crippen molar-refractivity contribution in [3.8, 4) is 0 Å². The number of fused-ring (bicyclic) bond motifs is 1. The highest BCUT2D eigenvalue weighted by atomic mass is 32.2. The van der Waals surface area contributed by atoms with Gasteiger partial charge in [0.1, 0.15) is 11.8 Å². The second-order valence-corrected chi connectivity index (χ2v) is 9.76. The summed E-state index contributed by atoms with van der Waals surface area (Å²) in [5.74, 6) is 0.447. The van der Waals surface area contributed by atoms with Crippen molar-refractivity contribution >= 4 is 15.7 Å². The Balaban J connectivity index is 1.54. The first-order valence-corrected chi connectivity index (χ1v) is 11.3. The molecule has 2 fully saturated rings. The number of sulfone groups is 1. The van der Waals surface area contributed by atoms with Crippen molar-refractivity contribution in [3.05, 3.63) is 71.8 Å². The van der Waals surface area contributed by atoms with E-state index in [9.17, 15) is 13.2 Å². The Labute approximate surface area is 160 Å². The molecule has 2 N–H and O–H groups in total. The fourth-order valence-corrected chi connectivity index (χ4v) is 6.50. The number of carbonyl (C=O) groups is 1. The third-order valence-electron chi connectivity index (χ3n) is 5.77. The number of piperazine rings is 1. The summed E-state index contributed by atoms with van der Waals surface area (Å²) in [6.07, 6.45) is 0.875. The van der Waals surface area contributed by atoms with Gasteiger partial charge >= 0.3 is 0 Å². The largest absolute Gasteiger partial charge is 0.341 e. The fraction of sp³-hybridized carbons (Fsp3) is 0.381. The number of carbonyl (C=O) groups excluding carboxylic acids is 1. The second-order valence-electron chi connectivity index (χ2n) is 7.61. The van der Waals surface area contributed by atoms with Crippen LogP contribution >= 0.6 is 0 Å². The van der Waals surface area contributed by atoms with Crippen LogP contribution in [0, 0.1) is 0 Å². The van der Waals surface area contributed by atoms with E-state index in [0.717, 1.165) is 17.9 Å². The Morgan fingerprint density at radius 1 is 0.963 bits per heavy atom. The summed E-state index contributed by atoms with van der Waals surface area (Å²) < 4.78 is 24.1. The third-order valence-corrected chi connectivity index (χ3v) is 7.50. The first-order valence-electron chi connectivity index (χ1n) is 9.46. The average Bonchev–Trinajstić information content (AvgIpc) is 2.97. The molecule has 0 radical (unpaired) electrons. The molecule has 6 heteroatoms. The summed E-state index contributed by atoms with van der Waals surface area (Å²) in [5, 5.41) is 2.88. The number of quaternary nitrogens is 1. The second kappa shape index (κ2) is 7.44. The lowest BCUT2D eigenvalue weighted by Gasteiger charge is -2.34. The molecule has 2 aliphatic rings. The molecule has 2 aliphatic heterocycles. The first-order chi connectivity index (χ1) is 13.0. The van der Waals surface area contributed by atoms with Crippen molar-refractivity contribution in [1.82, 2.24) is 5.32 Å². The molecule has 0 bridgehead atoms. The van der Waals surface area contributed by atoms with Crippen LogP contribution in [0.25, 0.3) is 0 Å². The third kappa shape index (κ3) is 4.06. The van der Waals surface area contributed by atoms with E-state index in [1.54, 1.807) is 0 Å². The highest BCUT2D eigenvalue weighted by Crippen LogP contribution is 2.27. The van der Waals surface area contributed by atoms with Crippen molar-refractivity contribution in [1.29, 1.82) is 0 Å². The molecule has 1 amide bonds. The van der Waals surface area contributed by atoms with Crippen LogP contribution in [0.2, 0.25) is 0 Å². The van der Waals surface area contributed by atoms with Gasteiger partial charge in [0.25, 0.3) is 5.91 Å². The van der Waals surface area contributed by atoms with E-state index in [2.05, 4.69) is 29.6 Å². The molecule has 1 unspecified atom stereocenters. The zero-order chi connectivity index (χ0) is 18.9. The minimum Gasteiger partial charge on any atom is -0.341 e. The van der Waals surface area contributed by atoms with Gasteiger partial charge in [-0.2, -0.15) is 0 Å². The first kappa shape index (κ1) is 18.2. The normalized spacial score (nSPS) is 26.6. The Morgan fingerprint density at radius 2 is 1.56 bits per heavy atom. The van der Waals surface area contributed by atoms with Crippen molar-refractivity contribution < 1.29 is 18.1 Å². The van der Waals surface area contributed by atoms with E-state index >= 15 is 0 Å². The minimum atomic E-state index is -3.06. The predicted octanol–water partition coefficient (Wildman–Crippen LogP) is 0.389. The number of hydrogen-bond donors (Lipinski definition) is 2.